The second-order valence-corrected chi connectivity index (χ2v) is 5.61. The molecule has 2 aromatic heterocycles. The van der Waals surface area contributed by atoms with Crippen LogP contribution in [0.4, 0.5) is 5.95 Å². The molecule has 1 saturated carbocycles. The molecular weight excluding hydrogens is 262 g/mol. The van der Waals surface area contributed by atoms with Crippen LogP contribution in [-0.2, 0) is 6.42 Å². The van der Waals surface area contributed by atoms with Gasteiger partial charge in [-0.05, 0) is 18.9 Å². The highest BCUT2D eigenvalue weighted by molar-refractivity contribution is 5.57. The van der Waals surface area contributed by atoms with Gasteiger partial charge >= 0.3 is 0 Å². The van der Waals surface area contributed by atoms with Crippen molar-refractivity contribution in [2.45, 2.75) is 51.4 Å². The van der Waals surface area contributed by atoms with Crippen molar-refractivity contribution in [2.75, 3.05) is 5.73 Å². The Kier molecular flexibility index (Phi) is 4.08. The van der Waals surface area contributed by atoms with E-state index in [1.807, 2.05) is 0 Å². The minimum Gasteiger partial charge on any atom is -0.368 e. The van der Waals surface area contributed by atoms with Crippen molar-refractivity contribution in [2.24, 2.45) is 0 Å². The number of hydrogen-bond donors (Lipinski definition) is 1. The molecule has 0 spiro atoms. The van der Waals surface area contributed by atoms with E-state index in [0.717, 1.165) is 23.5 Å². The zero-order valence-corrected chi connectivity index (χ0v) is 12.4. The summed E-state index contributed by atoms with van der Waals surface area (Å²) in [6, 6.07) is 2.10. The lowest BCUT2D eigenvalue weighted by Gasteiger charge is -2.21. The third kappa shape index (κ3) is 3.17. The fraction of sp³-hybridized carbons (Fsp3) is 0.500. The molecule has 1 aliphatic rings. The number of aryl methyl sites for hydroxylation is 1. The predicted octanol–water partition coefficient (Wildman–Crippen LogP) is 3.13. The summed E-state index contributed by atoms with van der Waals surface area (Å²) in [6.07, 6.45) is 10.7. The number of aromatic nitrogens is 4. The van der Waals surface area contributed by atoms with Crippen molar-refractivity contribution in [3.8, 4) is 11.3 Å². The number of nitrogens with zero attached hydrogens (tertiary/aromatic N) is 4. The first-order valence-electron chi connectivity index (χ1n) is 7.72. The summed E-state index contributed by atoms with van der Waals surface area (Å²) in [5.74, 6) is 1.75. The van der Waals surface area contributed by atoms with Crippen molar-refractivity contribution < 1.29 is 0 Å². The number of nitrogens with two attached hydrogens (primary N) is 1. The summed E-state index contributed by atoms with van der Waals surface area (Å²) in [7, 11) is 0. The Morgan fingerprint density at radius 1 is 1.10 bits per heavy atom. The fourth-order valence-electron chi connectivity index (χ4n) is 2.90. The molecule has 3 rings (SSSR count). The Balaban J connectivity index is 1.98. The summed E-state index contributed by atoms with van der Waals surface area (Å²) in [5, 5.41) is 0. The van der Waals surface area contributed by atoms with Gasteiger partial charge in [-0.25, -0.2) is 19.9 Å². The van der Waals surface area contributed by atoms with Gasteiger partial charge in [-0.1, -0.05) is 26.2 Å². The largest absolute Gasteiger partial charge is 0.368 e. The molecule has 5 heteroatoms. The van der Waals surface area contributed by atoms with Crippen LogP contribution in [-0.4, -0.2) is 19.9 Å². The minimum atomic E-state index is 0.288. The molecule has 0 amide bonds. The standard InChI is InChI=1S/C16H21N5/c1-2-15-20-13(11-6-4-3-5-7-11)8-14(21-15)12-9-18-16(17)19-10-12/h8-11H,2-7H2,1H3,(H2,17,18,19). The van der Waals surface area contributed by atoms with Crippen molar-refractivity contribution in [3.63, 3.8) is 0 Å². The summed E-state index contributed by atoms with van der Waals surface area (Å²) in [4.78, 5) is 17.5. The van der Waals surface area contributed by atoms with Crippen LogP contribution in [0.3, 0.4) is 0 Å². The van der Waals surface area contributed by atoms with Crippen LogP contribution in [0.15, 0.2) is 18.5 Å². The van der Waals surface area contributed by atoms with E-state index in [-0.39, 0.29) is 5.95 Å². The van der Waals surface area contributed by atoms with E-state index in [0.29, 0.717) is 5.92 Å². The molecule has 2 N–H and O–H groups in total. The summed E-state index contributed by atoms with van der Waals surface area (Å²) in [6.45, 7) is 2.09. The van der Waals surface area contributed by atoms with Gasteiger partial charge in [0.25, 0.3) is 0 Å². The van der Waals surface area contributed by atoms with E-state index in [1.54, 1.807) is 12.4 Å². The monoisotopic (exact) mass is 283 g/mol. The van der Waals surface area contributed by atoms with Gasteiger partial charge in [-0.15, -0.1) is 0 Å². The molecule has 1 aliphatic carbocycles. The predicted molar refractivity (Wildman–Crippen MR) is 82.7 cm³/mol. The first-order chi connectivity index (χ1) is 10.3. The molecule has 0 atom stereocenters. The topological polar surface area (TPSA) is 77.6 Å². The van der Waals surface area contributed by atoms with E-state index >= 15 is 0 Å². The Morgan fingerprint density at radius 2 is 1.81 bits per heavy atom. The second-order valence-electron chi connectivity index (χ2n) is 5.61. The molecule has 110 valence electrons. The van der Waals surface area contributed by atoms with Crippen LogP contribution in [0.25, 0.3) is 11.3 Å². The number of nitrogen functional groups attached to an aromatic ring is 1. The van der Waals surface area contributed by atoms with Crippen LogP contribution in [0, 0.1) is 0 Å². The minimum absolute atomic E-state index is 0.288. The molecule has 0 unspecified atom stereocenters. The number of rotatable bonds is 3. The van der Waals surface area contributed by atoms with Crippen LogP contribution in [0.1, 0.15) is 56.5 Å². The molecule has 0 bridgehead atoms. The van der Waals surface area contributed by atoms with E-state index < -0.39 is 0 Å². The van der Waals surface area contributed by atoms with Crippen LogP contribution in [0.2, 0.25) is 0 Å². The smallest absolute Gasteiger partial charge is 0.219 e. The highest BCUT2D eigenvalue weighted by atomic mass is 15.0. The van der Waals surface area contributed by atoms with E-state index in [9.17, 15) is 0 Å². The summed E-state index contributed by atoms with van der Waals surface area (Å²) < 4.78 is 0. The Morgan fingerprint density at radius 3 is 2.48 bits per heavy atom. The lowest BCUT2D eigenvalue weighted by Crippen LogP contribution is -2.09. The normalized spacial score (nSPS) is 16.0. The molecule has 1 fully saturated rings. The molecule has 0 radical (unpaired) electrons. The SMILES string of the molecule is CCc1nc(-c2cnc(N)nc2)cc(C2CCCCC2)n1. The quantitative estimate of drug-likeness (QED) is 0.936. The molecular formula is C16H21N5. The van der Waals surface area contributed by atoms with E-state index in [1.165, 1.54) is 37.8 Å². The van der Waals surface area contributed by atoms with Gasteiger partial charge in [0.05, 0.1) is 5.69 Å². The summed E-state index contributed by atoms with van der Waals surface area (Å²) in [5.41, 5.74) is 8.53. The average Bonchev–Trinajstić information content (AvgIpc) is 2.56. The maximum Gasteiger partial charge on any atom is 0.219 e. The Bertz CT molecular complexity index is 603. The molecule has 2 heterocycles. The maximum atomic E-state index is 5.55. The first-order valence-corrected chi connectivity index (χ1v) is 7.72. The first kappa shape index (κ1) is 13.9. The zero-order chi connectivity index (χ0) is 14.7. The summed E-state index contributed by atoms with van der Waals surface area (Å²) >= 11 is 0. The van der Waals surface area contributed by atoms with Crippen molar-refractivity contribution in [1.29, 1.82) is 0 Å². The van der Waals surface area contributed by atoms with Crippen LogP contribution >= 0.6 is 0 Å². The van der Waals surface area contributed by atoms with Gasteiger partial charge in [0.15, 0.2) is 0 Å². The van der Waals surface area contributed by atoms with Crippen molar-refractivity contribution in [1.82, 2.24) is 19.9 Å². The van der Waals surface area contributed by atoms with Gasteiger partial charge in [0.2, 0.25) is 5.95 Å². The highest BCUT2D eigenvalue weighted by Gasteiger charge is 2.18. The molecule has 0 aliphatic heterocycles. The number of anilines is 1. The maximum absolute atomic E-state index is 5.55. The van der Waals surface area contributed by atoms with E-state index in [2.05, 4.69) is 27.9 Å². The van der Waals surface area contributed by atoms with Crippen molar-refractivity contribution >= 4 is 5.95 Å². The van der Waals surface area contributed by atoms with E-state index in [4.69, 9.17) is 10.7 Å². The third-order valence-corrected chi connectivity index (χ3v) is 4.10. The lowest BCUT2D eigenvalue weighted by molar-refractivity contribution is 0.435. The van der Waals surface area contributed by atoms with Crippen molar-refractivity contribution in [3.05, 3.63) is 30.0 Å². The molecule has 0 saturated heterocycles. The van der Waals surface area contributed by atoms with Gasteiger partial charge in [0.1, 0.15) is 5.82 Å². The zero-order valence-electron chi connectivity index (χ0n) is 12.4. The second kappa shape index (κ2) is 6.16. The van der Waals surface area contributed by atoms with Gasteiger partial charge in [0, 0.05) is 36.0 Å². The fourth-order valence-corrected chi connectivity index (χ4v) is 2.90. The lowest BCUT2D eigenvalue weighted by atomic mass is 9.86. The Labute approximate surface area is 125 Å². The third-order valence-electron chi connectivity index (χ3n) is 4.10. The average molecular weight is 283 g/mol. The molecule has 5 nitrogen and oxygen atoms in total. The van der Waals surface area contributed by atoms with Gasteiger partial charge in [-0.2, -0.15) is 0 Å². The van der Waals surface area contributed by atoms with Crippen LogP contribution < -0.4 is 5.73 Å². The molecule has 21 heavy (non-hydrogen) atoms. The van der Waals surface area contributed by atoms with Crippen LogP contribution in [0.5, 0.6) is 0 Å². The molecule has 0 aromatic carbocycles. The highest BCUT2D eigenvalue weighted by Crippen LogP contribution is 2.33. The Hall–Kier alpha value is -2.04. The van der Waals surface area contributed by atoms with Gasteiger partial charge < -0.3 is 5.73 Å². The number of hydrogen-bond acceptors (Lipinski definition) is 5. The molecule has 2 aromatic rings. The van der Waals surface area contributed by atoms with Gasteiger partial charge in [-0.3, -0.25) is 0 Å².